The molecule has 2 amide bonds. The summed E-state index contributed by atoms with van der Waals surface area (Å²) in [5, 5.41) is 14.9. The van der Waals surface area contributed by atoms with Gasteiger partial charge in [-0.15, -0.1) is 0 Å². The molecule has 1 atom stereocenters. The summed E-state index contributed by atoms with van der Waals surface area (Å²) in [6.07, 6.45) is 0.223. The van der Waals surface area contributed by atoms with Crippen molar-refractivity contribution < 1.29 is 29.0 Å². The molecule has 0 radical (unpaired) electrons. The number of alkyl carbamates (subject to hydrolysis) is 1. The van der Waals surface area contributed by atoms with E-state index in [1.54, 1.807) is 11.8 Å². The van der Waals surface area contributed by atoms with Crippen molar-refractivity contribution in [1.82, 2.24) is 10.6 Å². The number of aliphatic carboxylic acids is 1. The summed E-state index contributed by atoms with van der Waals surface area (Å²) < 4.78 is 10.7. The topological polar surface area (TPSA) is 114 Å². The maximum atomic E-state index is 13.1. The Labute approximate surface area is 208 Å². The fourth-order valence-electron chi connectivity index (χ4n) is 4.88. The van der Waals surface area contributed by atoms with Gasteiger partial charge in [-0.25, -0.2) is 4.79 Å². The van der Waals surface area contributed by atoms with Crippen LogP contribution < -0.4 is 10.6 Å². The van der Waals surface area contributed by atoms with Gasteiger partial charge in [0, 0.05) is 13.0 Å². The molecule has 0 spiro atoms. The van der Waals surface area contributed by atoms with Crippen molar-refractivity contribution in [2.45, 2.75) is 36.8 Å². The Hall–Kier alpha value is -3.04. The Balaban J connectivity index is 1.40. The SMILES string of the molecule is COC[C@H](NC(=O)OCC1c2ccccc2-c2ccccc21)C(=O)NC1(CC(=O)O)CCSCC1. The number of rotatable bonds is 9. The van der Waals surface area contributed by atoms with Crippen LogP contribution >= 0.6 is 11.8 Å². The molecule has 1 aliphatic heterocycles. The van der Waals surface area contributed by atoms with E-state index in [9.17, 15) is 19.5 Å². The number of nitrogens with one attached hydrogen (secondary N) is 2. The maximum Gasteiger partial charge on any atom is 0.407 e. The zero-order valence-corrected chi connectivity index (χ0v) is 20.4. The zero-order chi connectivity index (χ0) is 24.8. The van der Waals surface area contributed by atoms with Crippen LogP contribution in [-0.2, 0) is 19.1 Å². The van der Waals surface area contributed by atoms with Crippen LogP contribution in [0.3, 0.4) is 0 Å². The molecule has 8 nitrogen and oxygen atoms in total. The van der Waals surface area contributed by atoms with Gasteiger partial charge in [-0.2, -0.15) is 11.8 Å². The number of carbonyl (C=O) groups is 3. The van der Waals surface area contributed by atoms with E-state index >= 15 is 0 Å². The van der Waals surface area contributed by atoms with E-state index in [0.717, 1.165) is 33.8 Å². The summed E-state index contributed by atoms with van der Waals surface area (Å²) >= 11 is 1.73. The molecule has 4 rings (SSSR count). The molecular formula is C26H30N2O6S. The molecule has 1 saturated heterocycles. The maximum absolute atomic E-state index is 13.1. The van der Waals surface area contributed by atoms with Gasteiger partial charge in [-0.1, -0.05) is 48.5 Å². The quantitative estimate of drug-likeness (QED) is 0.486. The molecule has 0 unspecified atom stereocenters. The molecule has 2 aliphatic rings. The van der Waals surface area contributed by atoms with Gasteiger partial charge in [0.1, 0.15) is 12.6 Å². The van der Waals surface area contributed by atoms with E-state index in [4.69, 9.17) is 9.47 Å². The third-order valence-electron chi connectivity index (χ3n) is 6.61. The van der Waals surface area contributed by atoms with Crippen molar-refractivity contribution in [2.75, 3.05) is 31.8 Å². The highest BCUT2D eigenvalue weighted by Gasteiger charge is 2.38. The first kappa shape index (κ1) is 25.1. The van der Waals surface area contributed by atoms with E-state index in [1.807, 2.05) is 36.4 Å². The molecule has 9 heteroatoms. The molecule has 35 heavy (non-hydrogen) atoms. The first-order chi connectivity index (χ1) is 16.9. The standard InChI is InChI=1S/C26H30N2O6S/c1-33-16-22(24(31)28-26(14-23(29)30)10-12-35-13-11-26)27-25(32)34-15-21-19-8-4-2-6-17(19)18-7-3-5-9-20(18)21/h2-9,21-22H,10-16H2,1H3,(H,27,32)(H,28,31)(H,29,30)/t22-/m0/s1. The number of hydrogen-bond acceptors (Lipinski definition) is 6. The van der Waals surface area contributed by atoms with E-state index in [1.165, 1.54) is 7.11 Å². The van der Waals surface area contributed by atoms with Gasteiger partial charge in [0.2, 0.25) is 5.91 Å². The average Bonchev–Trinajstić information content (AvgIpc) is 3.16. The Morgan fingerprint density at radius 1 is 1.06 bits per heavy atom. The lowest BCUT2D eigenvalue weighted by molar-refractivity contribution is -0.139. The third-order valence-corrected chi connectivity index (χ3v) is 7.60. The van der Waals surface area contributed by atoms with Crippen LogP contribution in [-0.4, -0.2) is 66.5 Å². The van der Waals surface area contributed by atoms with Gasteiger partial charge in [0.25, 0.3) is 0 Å². The zero-order valence-electron chi connectivity index (χ0n) is 19.6. The van der Waals surface area contributed by atoms with Gasteiger partial charge < -0.3 is 25.2 Å². The molecule has 0 bridgehead atoms. The molecule has 186 valence electrons. The van der Waals surface area contributed by atoms with Crippen LogP contribution in [0.25, 0.3) is 11.1 Å². The second-order valence-electron chi connectivity index (χ2n) is 8.93. The molecule has 0 aromatic heterocycles. The summed E-state index contributed by atoms with van der Waals surface area (Å²) in [5.41, 5.74) is 3.62. The summed E-state index contributed by atoms with van der Waals surface area (Å²) in [6, 6.07) is 15.1. The minimum absolute atomic E-state index is 0.0616. The van der Waals surface area contributed by atoms with Crippen LogP contribution in [0.1, 0.15) is 36.3 Å². The first-order valence-electron chi connectivity index (χ1n) is 11.6. The Morgan fingerprint density at radius 2 is 1.66 bits per heavy atom. The molecule has 1 heterocycles. The highest BCUT2D eigenvalue weighted by atomic mass is 32.2. The van der Waals surface area contributed by atoms with Gasteiger partial charge in [-0.05, 0) is 46.6 Å². The Bertz CT molecular complexity index is 1040. The molecule has 3 N–H and O–H groups in total. The Morgan fingerprint density at radius 3 is 2.23 bits per heavy atom. The number of amides is 2. The molecule has 0 saturated carbocycles. The van der Waals surface area contributed by atoms with Gasteiger partial charge in [0.05, 0.1) is 18.6 Å². The van der Waals surface area contributed by atoms with Crippen molar-refractivity contribution in [3.05, 3.63) is 59.7 Å². The van der Waals surface area contributed by atoms with Crippen molar-refractivity contribution in [2.24, 2.45) is 0 Å². The molecular weight excluding hydrogens is 468 g/mol. The first-order valence-corrected chi connectivity index (χ1v) is 12.8. The number of carbonyl (C=O) groups excluding carboxylic acids is 2. The lowest BCUT2D eigenvalue weighted by Gasteiger charge is -2.37. The molecule has 1 fully saturated rings. The van der Waals surface area contributed by atoms with E-state index in [-0.39, 0.29) is 25.6 Å². The van der Waals surface area contributed by atoms with E-state index in [2.05, 4.69) is 22.8 Å². The highest BCUT2D eigenvalue weighted by molar-refractivity contribution is 7.99. The molecule has 2 aromatic rings. The van der Waals surface area contributed by atoms with Crippen molar-refractivity contribution >= 4 is 29.7 Å². The van der Waals surface area contributed by atoms with Crippen LogP contribution in [0.4, 0.5) is 4.79 Å². The largest absolute Gasteiger partial charge is 0.481 e. The summed E-state index contributed by atoms with van der Waals surface area (Å²) in [4.78, 5) is 37.2. The monoisotopic (exact) mass is 498 g/mol. The van der Waals surface area contributed by atoms with Gasteiger partial charge in [0.15, 0.2) is 0 Å². The van der Waals surface area contributed by atoms with E-state index < -0.39 is 29.6 Å². The number of thioether (sulfide) groups is 1. The number of methoxy groups -OCH3 is 1. The van der Waals surface area contributed by atoms with Gasteiger partial charge >= 0.3 is 12.1 Å². The van der Waals surface area contributed by atoms with Crippen molar-refractivity contribution in [3.63, 3.8) is 0 Å². The summed E-state index contributed by atoms with van der Waals surface area (Å²) in [5.74, 6) is -0.00938. The number of fused-ring (bicyclic) bond motifs is 3. The second-order valence-corrected chi connectivity index (χ2v) is 10.2. The smallest absolute Gasteiger partial charge is 0.407 e. The van der Waals surface area contributed by atoms with Crippen molar-refractivity contribution in [1.29, 1.82) is 0 Å². The number of ether oxygens (including phenoxy) is 2. The fraction of sp³-hybridized carbons (Fsp3) is 0.423. The minimum Gasteiger partial charge on any atom is -0.481 e. The average molecular weight is 499 g/mol. The number of carboxylic acid groups (broad SMARTS) is 1. The van der Waals surface area contributed by atoms with Crippen LogP contribution in [0, 0.1) is 0 Å². The molecule has 1 aliphatic carbocycles. The molecule has 2 aromatic carbocycles. The highest BCUT2D eigenvalue weighted by Crippen LogP contribution is 2.44. The normalized spacial score (nSPS) is 17.1. The van der Waals surface area contributed by atoms with Gasteiger partial charge in [-0.3, -0.25) is 9.59 Å². The lowest BCUT2D eigenvalue weighted by atomic mass is 9.88. The predicted octanol–water partition coefficient (Wildman–Crippen LogP) is 3.40. The number of benzene rings is 2. The number of carboxylic acids is 1. The van der Waals surface area contributed by atoms with E-state index in [0.29, 0.717) is 12.8 Å². The van der Waals surface area contributed by atoms with Crippen LogP contribution in [0.2, 0.25) is 0 Å². The van der Waals surface area contributed by atoms with Crippen LogP contribution in [0.5, 0.6) is 0 Å². The fourth-order valence-corrected chi connectivity index (χ4v) is 6.15. The Kier molecular flexibility index (Phi) is 7.97. The third kappa shape index (κ3) is 5.79. The number of hydrogen-bond donors (Lipinski definition) is 3. The predicted molar refractivity (Wildman–Crippen MR) is 134 cm³/mol. The minimum atomic E-state index is -1.00. The lowest BCUT2D eigenvalue weighted by Crippen LogP contribution is -2.58. The second kappa shape index (κ2) is 11.1. The van der Waals surface area contributed by atoms with Crippen molar-refractivity contribution in [3.8, 4) is 11.1 Å². The summed E-state index contributed by atoms with van der Waals surface area (Å²) in [7, 11) is 1.43. The summed E-state index contributed by atoms with van der Waals surface area (Å²) in [6.45, 7) is 0.0648. The van der Waals surface area contributed by atoms with Crippen LogP contribution in [0.15, 0.2) is 48.5 Å².